The minimum absolute atomic E-state index is 0.162. The average Bonchev–Trinajstić information content (AvgIpc) is 3.06. The smallest absolute Gasteiger partial charge is 0.228 e. The molecule has 2 saturated carbocycles. The zero-order valence-electron chi connectivity index (χ0n) is 9.66. The number of anilines is 1. The lowest BCUT2D eigenvalue weighted by Gasteiger charge is -2.06. The average molecular weight is 250 g/mol. The van der Waals surface area contributed by atoms with Gasteiger partial charge in [0.1, 0.15) is 0 Å². The van der Waals surface area contributed by atoms with E-state index in [2.05, 4.69) is 5.32 Å². The van der Waals surface area contributed by atoms with Gasteiger partial charge < -0.3 is 5.32 Å². The van der Waals surface area contributed by atoms with Gasteiger partial charge in [0.2, 0.25) is 5.91 Å². The fraction of sp³-hybridized carbons (Fsp3) is 0.500. The van der Waals surface area contributed by atoms with E-state index in [0.717, 1.165) is 5.69 Å². The van der Waals surface area contributed by atoms with Crippen LogP contribution in [-0.4, -0.2) is 5.91 Å². The van der Waals surface area contributed by atoms with Crippen molar-refractivity contribution in [3.8, 4) is 0 Å². The minimum atomic E-state index is 0.162. The number of rotatable bonds is 2. The van der Waals surface area contributed by atoms with Crippen LogP contribution in [0.3, 0.4) is 0 Å². The first-order chi connectivity index (χ1) is 8.27. The number of hydrogen-bond acceptors (Lipinski definition) is 1. The summed E-state index contributed by atoms with van der Waals surface area (Å²) in [6, 6.07) is 7.42. The van der Waals surface area contributed by atoms with Crippen molar-refractivity contribution in [1.82, 2.24) is 0 Å². The number of fused-ring (bicyclic) bond motifs is 1. The third-order valence-electron chi connectivity index (χ3n) is 4.09. The van der Waals surface area contributed by atoms with E-state index in [1.165, 1.54) is 25.7 Å². The Bertz CT molecular complexity index is 434. The van der Waals surface area contributed by atoms with Crippen molar-refractivity contribution in [2.75, 3.05) is 5.32 Å². The summed E-state index contributed by atoms with van der Waals surface area (Å²) < 4.78 is 0. The van der Waals surface area contributed by atoms with Crippen molar-refractivity contribution in [3.05, 3.63) is 29.3 Å². The Labute approximate surface area is 106 Å². The normalized spacial score (nSPS) is 30.5. The Kier molecular flexibility index (Phi) is 2.83. The number of benzene rings is 1. The third-order valence-corrected chi connectivity index (χ3v) is 4.42. The molecule has 2 fully saturated rings. The van der Waals surface area contributed by atoms with Crippen molar-refractivity contribution in [3.63, 3.8) is 0 Å². The van der Waals surface area contributed by atoms with Crippen molar-refractivity contribution in [2.24, 2.45) is 17.8 Å². The highest BCUT2D eigenvalue weighted by molar-refractivity contribution is 6.33. The van der Waals surface area contributed by atoms with Gasteiger partial charge in [-0.1, -0.05) is 36.6 Å². The Morgan fingerprint density at radius 1 is 1.18 bits per heavy atom. The number of carbonyl (C=O) groups excluding carboxylic acids is 1. The van der Waals surface area contributed by atoms with E-state index in [4.69, 9.17) is 11.6 Å². The molecule has 0 spiro atoms. The molecule has 0 unspecified atom stereocenters. The van der Waals surface area contributed by atoms with E-state index >= 15 is 0 Å². The van der Waals surface area contributed by atoms with Gasteiger partial charge in [0, 0.05) is 5.92 Å². The first kappa shape index (κ1) is 11.1. The summed E-state index contributed by atoms with van der Waals surface area (Å²) in [7, 11) is 0. The lowest BCUT2D eigenvalue weighted by molar-refractivity contribution is -0.117. The Morgan fingerprint density at radius 3 is 2.47 bits per heavy atom. The SMILES string of the molecule is O=C(Nc1ccccc1Cl)C1[C@H]2CCCC[C@H]12. The first-order valence-corrected chi connectivity index (χ1v) is 6.70. The van der Waals surface area contributed by atoms with Gasteiger partial charge in [-0.15, -0.1) is 0 Å². The first-order valence-electron chi connectivity index (χ1n) is 6.33. The van der Waals surface area contributed by atoms with Crippen LogP contribution in [0.1, 0.15) is 25.7 Å². The monoisotopic (exact) mass is 249 g/mol. The number of para-hydroxylation sites is 1. The van der Waals surface area contributed by atoms with Gasteiger partial charge in [0.05, 0.1) is 10.7 Å². The summed E-state index contributed by atoms with van der Waals surface area (Å²) in [5.41, 5.74) is 0.739. The zero-order valence-corrected chi connectivity index (χ0v) is 10.4. The molecule has 0 heterocycles. The van der Waals surface area contributed by atoms with Crippen LogP contribution < -0.4 is 5.32 Å². The fourth-order valence-corrected chi connectivity index (χ4v) is 3.34. The summed E-state index contributed by atoms with van der Waals surface area (Å²) in [5, 5.41) is 3.57. The maximum Gasteiger partial charge on any atom is 0.228 e. The second-order valence-electron chi connectivity index (χ2n) is 5.11. The predicted molar refractivity (Wildman–Crippen MR) is 69.0 cm³/mol. The zero-order chi connectivity index (χ0) is 11.8. The highest BCUT2D eigenvalue weighted by atomic mass is 35.5. The summed E-state index contributed by atoms with van der Waals surface area (Å²) >= 11 is 6.03. The molecule has 0 saturated heterocycles. The molecule has 90 valence electrons. The predicted octanol–water partition coefficient (Wildman–Crippen LogP) is 3.71. The molecule has 1 aromatic rings. The molecule has 3 heteroatoms. The molecule has 0 bridgehead atoms. The molecular formula is C14H16ClNO. The molecule has 1 amide bonds. The molecular weight excluding hydrogens is 234 g/mol. The Balaban J connectivity index is 1.67. The number of carbonyl (C=O) groups is 1. The topological polar surface area (TPSA) is 29.1 Å². The standard InChI is InChI=1S/C14H16ClNO/c15-11-7-3-4-8-12(11)16-14(17)13-9-5-1-2-6-10(9)13/h3-4,7-10,13H,1-2,5-6H2,(H,16,17)/t9-,10-/m0/s1. The van der Waals surface area contributed by atoms with E-state index in [-0.39, 0.29) is 11.8 Å². The van der Waals surface area contributed by atoms with Gasteiger partial charge in [0.25, 0.3) is 0 Å². The van der Waals surface area contributed by atoms with Crippen LogP contribution in [0.15, 0.2) is 24.3 Å². The van der Waals surface area contributed by atoms with Crippen molar-refractivity contribution in [2.45, 2.75) is 25.7 Å². The Hall–Kier alpha value is -1.02. The van der Waals surface area contributed by atoms with Gasteiger partial charge in [-0.25, -0.2) is 0 Å². The van der Waals surface area contributed by atoms with Crippen LogP contribution in [-0.2, 0) is 4.79 Å². The molecule has 2 aliphatic rings. The molecule has 0 aromatic heterocycles. The van der Waals surface area contributed by atoms with E-state index in [1.54, 1.807) is 6.07 Å². The quantitative estimate of drug-likeness (QED) is 0.851. The van der Waals surface area contributed by atoms with Gasteiger partial charge in [-0.3, -0.25) is 4.79 Å². The number of amides is 1. The largest absolute Gasteiger partial charge is 0.325 e. The highest BCUT2D eigenvalue weighted by Gasteiger charge is 2.54. The molecule has 0 radical (unpaired) electrons. The van der Waals surface area contributed by atoms with Crippen molar-refractivity contribution >= 4 is 23.2 Å². The van der Waals surface area contributed by atoms with E-state index in [1.807, 2.05) is 18.2 Å². The number of halogens is 1. The minimum Gasteiger partial charge on any atom is -0.325 e. The summed E-state index contributed by atoms with van der Waals surface area (Å²) in [5.74, 6) is 1.70. The molecule has 2 atom stereocenters. The lowest BCUT2D eigenvalue weighted by Crippen LogP contribution is -2.15. The maximum atomic E-state index is 12.1. The lowest BCUT2D eigenvalue weighted by atomic mass is 10.0. The molecule has 1 aromatic carbocycles. The summed E-state index contributed by atoms with van der Waals surface area (Å²) in [6.45, 7) is 0. The van der Waals surface area contributed by atoms with Crippen LogP contribution in [0.4, 0.5) is 5.69 Å². The van der Waals surface area contributed by atoms with Gasteiger partial charge >= 0.3 is 0 Å². The molecule has 2 nitrogen and oxygen atoms in total. The van der Waals surface area contributed by atoms with Crippen LogP contribution in [0.5, 0.6) is 0 Å². The highest BCUT2D eigenvalue weighted by Crippen LogP contribution is 2.55. The molecule has 2 aliphatic carbocycles. The second-order valence-corrected chi connectivity index (χ2v) is 5.51. The number of nitrogens with one attached hydrogen (secondary N) is 1. The third kappa shape index (κ3) is 2.06. The molecule has 3 rings (SSSR count). The number of hydrogen-bond donors (Lipinski definition) is 1. The fourth-order valence-electron chi connectivity index (χ4n) is 3.16. The van der Waals surface area contributed by atoms with Crippen LogP contribution in [0.2, 0.25) is 5.02 Å². The van der Waals surface area contributed by atoms with Crippen molar-refractivity contribution < 1.29 is 4.79 Å². The van der Waals surface area contributed by atoms with Crippen LogP contribution in [0.25, 0.3) is 0 Å². The Morgan fingerprint density at radius 2 is 1.82 bits per heavy atom. The van der Waals surface area contributed by atoms with Gasteiger partial charge in [0.15, 0.2) is 0 Å². The summed E-state index contributed by atoms with van der Waals surface area (Å²) in [4.78, 5) is 12.1. The van der Waals surface area contributed by atoms with E-state index in [9.17, 15) is 4.79 Å². The molecule has 0 aliphatic heterocycles. The van der Waals surface area contributed by atoms with Gasteiger partial charge in [-0.05, 0) is 36.8 Å². The van der Waals surface area contributed by atoms with Gasteiger partial charge in [-0.2, -0.15) is 0 Å². The second kappa shape index (κ2) is 4.34. The summed E-state index contributed by atoms with van der Waals surface area (Å²) in [6.07, 6.45) is 5.03. The van der Waals surface area contributed by atoms with Crippen LogP contribution in [0, 0.1) is 17.8 Å². The molecule has 1 N–H and O–H groups in total. The van der Waals surface area contributed by atoms with Crippen LogP contribution >= 0.6 is 11.6 Å². The van der Waals surface area contributed by atoms with Crippen molar-refractivity contribution in [1.29, 1.82) is 0 Å². The van der Waals surface area contributed by atoms with E-state index < -0.39 is 0 Å². The maximum absolute atomic E-state index is 12.1. The molecule has 17 heavy (non-hydrogen) atoms. The van der Waals surface area contributed by atoms with E-state index in [0.29, 0.717) is 16.9 Å².